The van der Waals surface area contributed by atoms with E-state index < -0.39 is 0 Å². The molecule has 0 aromatic carbocycles. The maximum Gasteiger partial charge on any atom is 0.0599 e. The first-order chi connectivity index (χ1) is 7.72. The molecule has 96 valence electrons. The van der Waals surface area contributed by atoms with Crippen LogP contribution >= 0.6 is 0 Å². The Morgan fingerprint density at radius 3 is 2.12 bits per heavy atom. The molecule has 0 saturated carbocycles. The van der Waals surface area contributed by atoms with Crippen molar-refractivity contribution in [2.24, 2.45) is 5.73 Å². The van der Waals surface area contributed by atoms with Crippen molar-refractivity contribution in [2.45, 2.75) is 58.1 Å². The van der Waals surface area contributed by atoms with E-state index >= 15 is 0 Å². The molecule has 3 nitrogen and oxygen atoms in total. The second kappa shape index (κ2) is 6.58. The van der Waals surface area contributed by atoms with E-state index in [2.05, 4.69) is 25.7 Å². The molecule has 1 fully saturated rings. The van der Waals surface area contributed by atoms with Crippen LogP contribution in [-0.4, -0.2) is 42.8 Å². The van der Waals surface area contributed by atoms with Gasteiger partial charge in [-0.05, 0) is 32.6 Å². The van der Waals surface area contributed by atoms with E-state index in [1.165, 1.54) is 0 Å². The molecule has 1 heterocycles. The highest BCUT2D eigenvalue weighted by molar-refractivity contribution is 4.92. The van der Waals surface area contributed by atoms with Gasteiger partial charge in [0.2, 0.25) is 0 Å². The Morgan fingerprint density at radius 2 is 1.75 bits per heavy atom. The predicted molar refractivity (Wildman–Crippen MR) is 68.6 cm³/mol. The topological polar surface area (TPSA) is 38.5 Å². The van der Waals surface area contributed by atoms with Gasteiger partial charge in [0.15, 0.2) is 0 Å². The Morgan fingerprint density at radius 1 is 1.19 bits per heavy atom. The molecule has 1 rings (SSSR count). The van der Waals surface area contributed by atoms with Gasteiger partial charge in [0.1, 0.15) is 0 Å². The van der Waals surface area contributed by atoms with Gasteiger partial charge in [-0.25, -0.2) is 0 Å². The maximum atomic E-state index is 5.98. The lowest BCUT2D eigenvalue weighted by Gasteiger charge is -2.46. The minimum Gasteiger partial charge on any atom is -0.378 e. The molecule has 3 heteroatoms. The molecule has 0 aromatic heterocycles. The van der Waals surface area contributed by atoms with Crippen LogP contribution in [0.2, 0.25) is 0 Å². The van der Waals surface area contributed by atoms with Crippen molar-refractivity contribution in [1.82, 2.24) is 4.90 Å². The first kappa shape index (κ1) is 13.9. The Balaban J connectivity index is 2.50. The van der Waals surface area contributed by atoms with Crippen molar-refractivity contribution < 1.29 is 4.74 Å². The van der Waals surface area contributed by atoms with Crippen LogP contribution in [0.4, 0.5) is 0 Å². The Hall–Kier alpha value is -0.120. The van der Waals surface area contributed by atoms with Gasteiger partial charge in [-0.3, -0.25) is 4.90 Å². The summed E-state index contributed by atoms with van der Waals surface area (Å²) in [5.41, 5.74) is 6.21. The van der Waals surface area contributed by atoms with E-state index in [0.717, 1.165) is 51.9 Å². The molecule has 0 unspecified atom stereocenters. The molecule has 2 N–H and O–H groups in total. The molecule has 0 bridgehead atoms. The van der Waals surface area contributed by atoms with Gasteiger partial charge in [0, 0.05) is 31.8 Å². The minimum atomic E-state index is 0.233. The fraction of sp³-hybridized carbons (Fsp3) is 1.00. The summed E-state index contributed by atoms with van der Waals surface area (Å²) in [6.07, 6.45) is 5.11. The standard InChI is InChI=1S/C13H28N2O/c1-4-13(5-2,11-14)15-9-7-12(8-10-15)16-6-3/h12H,4-11,14H2,1-3H3. The summed E-state index contributed by atoms with van der Waals surface area (Å²) in [7, 11) is 0. The number of likely N-dealkylation sites (tertiary alicyclic amines) is 1. The van der Waals surface area contributed by atoms with Crippen LogP contribution in [0.15, 0.2) is 0 Å². The second-order valence-corrected chi connectivity index (χ2v) is 4.78. The molecule has 0 aromatic rings. The molecule has 0 radical (unpaired) electrons. The lowest BCUT2D eigenvalue weighted by atomic mass is 9.88. The van der Waals surface area contributed by atoms with Gasteiger partial charge < -0.3 is 10.5 Å². The third-order valence-electron chi connectivity index (χ3n) is 4.21. The molecule has 1 saturated heterocycles. The van der Waals surface area contributed by atoms with Crippen LogP contribution < -0.4 is 5.73 Å². The number of ether oxygens (including phenoxy) is 1. The summed E-state index contributed by atoms with van der Waals surface area (Å²) < 4.78 is 5.69. The summed E-state index contributed by atoms with van der Waals surface area (Å²) in [6, 6.07) is 0. The smallest absolute Gasteiger partial charge is 0.0599 e. The van der Waals surface area contributed by atoms with Gasteiger partial charge in [-0.15, -0.1) is 0 Å². The van der Waals surface area contributed by atoms with E-state index in [9.17, 15) is 0 Å². The summed E-state index contributed by atoms with van der Waals surface area (Å²) in [4.78, 5) is 2.59. The molecule has 0 aliphatic carbocycles. The molecule has 0 amide bonds. The van der Waals surface area contributed by atoms with E-state index in [1.54, 1.807) is 0 Å². The van der Waals surface area contributed by atoms with Crippen LogP contribution in [0, 0.1) is 0 Å². The predicted octanol–water partition coefficient (Wildman–Crippen LogP) is 2.00. The molecule has 0 atom stereocenters. The van der Waals surface area contributed by atoms with E-state index in [0.29, 0.717) is 6.10 Å². The van der Waals surface area contributed by atoms with Gasteiger partial charge in [0.05, 0.1) is 6.10 Å². The molecule has 1 aliphatic rings. The van der Waals surface area contributed by atoms with Crippen molar-refractivity contribution in [2.75, 3.05) is 26.2 Å². The largest absolute Gasteiger partial charge is 0.378 e. The number of nitrogens with zero attached hydrogens (tertiary/aromatic N) is 1. The lowest BCUT2D eigenvalue weighted by molar-refractivity contribution is -0.0205. The minimum absolute atomic E-state index is 0.233. The Labute approximate surface area is 100 Å². The van der Waals surface area contributed by atoms with Gasteiger partial charge >= 0.3 is 0 Å². The molecule has 0 spiro atoms. The zero-order valence-corrected chi connectivity index (χ0v) is 11.2. The quantitative estimate of drug-likeness (QED) is 0.756. The van der Waals surface area contributed by atoms with Crippen LogP contribution in [0.5, 0.6) is 0 Å². The second-order valence-electron chi connectivity index (χ2n) is 4.78. The summed E-state index contributed by atoms with van der Waals surface area (Å²) in [6.45, 7) is 10.5. The summed E-state index contributed by atoms with van der Waals surface area (Å²) in [5.74, 6) is 0. The zero-order chi connectivity index (χ0) is 12.0. The molecule has 1 aliphatic heterocycles. The normalized spacial score (nSPS) is 20.2. The van der Waals surface area contributed by atoms with Gasteiger partial charge in [-0.1, -0.05) is 13.8 Å². The van der Waals surface area contributed by atoms with Crippen LogP contribution in [0.25, 0.3) is 0 Å². The maximum absolute atomic E-state index is 5.98. The van der Waals surface area contributed by atoms with Crippen molar-refractivity contribution >= 4 is 0 Å². The van der Waals surface area contributed by atoms with Crippen molar-refractivity contribution in [1.29, 1.82) is 0 Å². The fourth-order valence-corrected chi connectivity index (χ4v) is 2.85. The molecule has 16 heavy (non-hydrogen) atoms. The zero-order valence-electron chi connectivity index (χ0n) is 11.2. The van der Waals surface area contributed by atoms with Gasteiger partial charge in [-0.2, -0.15) is 0 Å². The van der Waals surface area contributed by atoms with E-state index in [4.69, 9.17) is 10.5 Å². The first-order valence-corrected chi connectivity index (χ1v) is 6.79. The highest BCUT2D eigenvalue weighted by atomic mass is 16.5. The third kappa shape index (κ3) is 2.96. The van der Waals surface area contributed by atoms with Crippen LogP contribution in [-0.2, 0) is 4.74 Å². The van der Waals surface area contributed by atoms with Crippen molar-refractivity contribution in [3.8, 4) is 0 Å². The number of hydrogen-bond donors (Lipinski definition) is 1. The van der Waals surface area contributed by atoms with E-state index in [-0.39, 0.29) is 5.54 Å². The fourth-order valence-electron chi connectivity index (χ4n) is 2.85. The highest BCUT2D eigenvalue weighted by Gasteiger charge is 2.34. The highest BCUT2D eigenvalue weighted by Crippen LogP contribution is 2.27. The number of nitrogens with two attached hydrogens (primary N) is 1. The number of rotatable bonds is 6. The molecular weight excluding hydrogens is 200 g/mol. The van der Waals surface area contributed by atoms with Crippen molar-refractivity contribution in [3.63, 3.8) is 0 Å². The average Bonchev–Trinajstić information content (AvgIpc) is 2.34. The number of piperidine rings is 1. The van der Waals surface area contributed by atoms with Crippen molar-refractivity contribution in [3.05, 3.63) is 0 Å². The lowest BCUT2D eigenvalue weighted by Crippen LogP contribution is -2.56. The first-order valence-electron chi connectivity index (χ1n) is 6.79. The monoisotopic (exact) mass is 228 g/mol. The van der Waals surface area contributed by atoms with Gasteiger partial charge in [0.25, 0.3) is 0 Å². The summed E-state index contributed by atoms with van der Waals surface area (Å²) >= 11 is 0. The average molecular weight is 228 g/mol. The van der Waals surface area contributed by atoms with Crippen LogP contribution in [0.3, 0.4) is 0 Å². The third-order valence-corrected chi connectivity index (χ3v) is 4.21. The Kier molecular flexibility index (Phi) is 5.73. The van der Waals surface area contributed by atoms with E-state index in [1.807, 2.05) is 0 Å². The Bertz CT molecular complexity index is 176. The molecular formula is C13H28N2O. The summed E-state index contributed by atoms with van der Waals surface area (Å²) in [5, 5.41) is 0. The van der Waals surface area contributed by atoms with Crippen LogP contribution in [0.1, 0.15) is 46.5 Å². The SMILES string of the molecule is CCOC1CCN(C(CC)(CC)CN)CC1. The number of hydrogen-bond acceptors (Lipinski definition) is 3.